The molecule has 0 atom stereocenters. The number of ether oxygens (including phenoxy) is 1. The minimum atomic E-state index is 0.819. The summed E-state index contributed by atoms with van der Waals surface area (Å²) in [5.41, 5.74) is 5.97. The number of hydrogen-bond donors (Lipinski definition) is 0. The van der Waals surface area contributed by atoms with Crippen molar-refractivity contribution in [2.24, 2.45) is 0 Å². The van der Waals surface area contributed by atoms with Crippen molar-refractivity contribution in [1.29, 1.82) is 0 Å². The van der Waals surface area contributed by atoms with Crippen molar-refractivity contribution in [3.8, 4) is 22.6 Å². The summed E-state index contributed by atoms with van der Waals surface area (Å²) in [5, 5.41) is 6.77. The summed E-state index contributed by atoms with van der Waals surface area (Å²) in [6.45, 7) is 0. The van der Waals surface area contributed by atoms with E-state index in [2.05, 4.69) is 131 Å². The highest BCUT2D eigenvalue weighted by molar-refractivity contribution is 6.17. The first-order chi connectivity index (χ1) is 19.9. The maximum Gasteiger partial charge on any atom is 0.143 e. The second-order valence-electron chi connectivity index (χ2n) is 10.3. The van der Waals surface area contributed by atoms with Crippen LogP contribution in [0.2, 0.25) is 0 Å². The number of rotatable bonds is 4. The van der Waals surface area contributed by atoms with Crippen LogP contribution in [0.25, 0.3) is 60.2 Å². The lowest BCUT2D eigenvalue weighted by Gasteiger charge is -2.17. The van der Waals surface area contributed by atoms with E-state index in [0.29, 0.717) is 0 Å². The van der Waals surface area contributed by atoms with E-state index in [1.54, 1.807) is 0 Å². The Morgan fingerprint density at radius 2 is 1.38 bits per heavy atom. The summed E-state index contributed by atoms with van der Waals surface area (Å²) in [4.78, 5) is 4.51. The van der Waals surface area contributed by atoms with Gasteiger partial charge in [-0.25, -0.2) is 0 Å². The second kappa shape index (κ2) is 9.25. The Morgan fingerprint density at radius 3 is 2.23 bits per heavy atom. The Morgan fingerprint density at radius 1 is 0.625 bits per heavy atom. The van der Waals surface area contributed by atoms with Gasteiger partial charge in [-0.05, 0) is 65.8 Å². The van der Waals surface area contributed by atoms with Crippen molar-refractivity contribution in [2.45, 2.75) is 12.8 Å². The summed E-state index contributed by atoms with van der Waals surface area (Å²) < 4.78 is 9.21. The molecule has 1 aliphatic carbocycles. The van der Waals surface area contributed by atoms with Gasteiger partial charge in [-0.1, -0.05) is 84.9 Å². The summed E-state index contributed by atoms with van der Waals surface area (Å²) >= 11 is 0. The molecule has 0 radical (unpaired) electrons. The van der Waals surface area contributed by atoms with Gasteiger partial charge in [0.2, 0.25) is 0 Å². The normalized spacial score (nSPS) is 13.3. The Labute approximate surface area is 232 Å². The molecule has 0 N–H and O–H groups in total. The Balaban J connectivity index is 1.35. The number of nitrogens with zero attached hydrogens (tertiary/aromatic N) is 2. The van der Waals surface area contributed by atoms with E-state index >= 15 is 0 Å². The Bertz CT molecular complexity index is 2080. The van der Waals surface area contributed by atoms with Gasteiger partial charge in [0, 0.05) is 45.0 Å². The van der Waals surface area contributed by atoms with Crippen molar-refractivity contribution in [3.63, 3.8) is 0 Å². The molecule has 0 spiro atoms. The molecule has 7 aromatic rings. The number of benzene rings is 5. The lowest BCUT2D eigenvalue weighted by Crippen LogP contribution is -1.97. The van der Waals surface area contributed by atoms with Crippen LogP contribution < -0.4 is 4.74 Å². The number of hydrogen-bond acceptors (Lipinski definition) is 2. The zero-order valence-corrected chi connectivity index (χ0v) is 21.9. The predicted molar refractivity (Wildman–Crippen MR) is 167 cm³/mol. The first-order valence-electron chi connectivity index (χ1n) is 13.8. The molecule has 1 aliphatic rings. The molecular weight excluding hydrogens is 488 g/mol. The number of fused-ring (bicyclic) bond motifs is 5. The molecule has 2 heterocycles. The highest BCUT2D eigenvalue weighted by Crippen LogP contribution is 2.45. The molecule has 3 heteroatoms. The maximum atomic E-state index is 6.84. The number of allylic oxidation sites excluding steroid dienone is 4. The lowest BCUT2D eigenvalue weighted by molar-refractivity contribution is 0.494. The number of aromatic nitrogens is 2. The van der Waals surface area contributed by atoms with Crippen molar-refractivity contribution >= 4 is 49.0 Å². The van der Waals surface area contributed by atoms with Crippen LogP contribution >= 0.6 is 0 Å². The zero-order valence-electron chi connectivity index (χ0n) is 21.9. The van der Waals surface area contributed by atoms with Crippen LogP contribution in [-0.2, 0) is 0 Å². The third-order valence-electron chi connectivity index (χ3n) is 7.94. The summed E-state index contributed by atoms with van der Waals surface area (Å²) in [5.74, 6) is 1.67. The van der Waals surface area contributed by atoms with Crippen molar-refractivity contribution in [2.75, 3.05) is 0 Å². The largest absolute Gasteiger partial charge is 0.456 e. The average Bonchev–Trinajstić information content (AvgIpc) is 3.35. The highest BCUT2D eigenvalue weighted by atomic mass is 16.5. The Kier molecular flexibility index (Phi) is 5.27. The second-order valence-corrected chi connectivity index (χ2v) is 10.3. The van der Waals surface area contributed by atoms with Gasteiger partial charge < -0.3 is 9.30 Å². The molecule has 5 aromatic carbocycles. The molecular formula is C37H26N2O. The molecule has 0 saturated carbocycles. The van der Waals surface area contributed by atoms with Crippen LogP contribution in [-0.4, -0.2) is 9.55 Å². The first kappa shape index (κ1) is 22.8. The van der Waals surface area contributed by atoms with Gasteiger partial charge in [0.25, 0.3) is 0 Å². The molecule has 3 nitrogen and oxygen atoms in total. The van der Waals surface area contributed by atoms with E-state index in [4.69, 9.17) is 4.74 Å². The molecule has 190 valence electrons. The van der Waals surface area contributed by atoms with Crippen molar-refractivity contribution in [1.82, 2.24) is 9.55 Å². The Hall–Kier alpha value is -5.15. The summed E-state index contributed by atoms with van der Waals surface area (Å²) in [6, 6.07) is 36.2. The molecule has 0 saturated heterocycles. The van der Waals surface area contributed by atoms with Crippen LogP contribution in [0, 0.1) is 0 Å². The van der Waals surface area contributed by atoms with Gasteiger partial charge in [-0.15, -0.1) is 0 Å². The van der Waals surface area contributed by atoms with E-state index in [1.807, 2.05) is 12.4 Å². The van der Waals surface area contributed by atoms with Gasteiger partial charge in [0.15, 0.2) is 0 Å². The number of pyridine rings is 1. The maximum absolute atomic E-state index is 6.84. The average molecular weight is 515 g/mol. The van der Waals surface area contributed by atoms with E-state index in [9.17, 15) is 0 Å². The summed E-state index contributed by atoms with van der Waals surface area (Å²) in [7, 11) is 0. The van der Waals surface area contributed by atoms with Gasteiger partial charge >= 0.3 is 0 Å². The topological polar surface area (TPSA) is 27.1 Å². The fourth-order valence-electron chi connectivity index (χ4n) is 6.18. The third-order valence-corrected chi connectivity index (χ3v) is 7.94. The van der Waals surface area contributed by atoms with Gasteiger partial charge in [0.05, 0.1) is 11.0 Å². The highest BCUT2D eigenvalue weighted by Gasteiger charge is 2.18. The minimum Gasteiger partial charge on any atom is -0.456 e. The van der Waals surface area contributed by atoms with E-state index in [-0.39, 0.29) is 0 Å². The van der Waals surface area contributed by atoms with Crippen molar-refractivity contribution < 1.29 is 4.74 Å². The SMILES string of the molecule is C1=CC(n2c3ccccc3c3cc(Oc4c5ccccc5c(-c5ccccc5)c5cnccc45)ccc32)=CCC1. The number of para-hydroxylation sites is 1. The smallest absolute Gasteiger partial charge is 0.143 e. The van der Waals surface area contributed by atoms with Gasteiger partial charge in [-0.2, -0.15) is 0 Å². The van der Waals surface area contributed by atoms with Crippen LogP contribution in [0.3, 0.4) is 0 Å². The molecule has 40 heavy (non-hydrogen) atoms. The van der Waals surface area contributed by atoms with E-state index in [1.165, 1.54) is 38.6 Å². The van der Waals surface area contributed by atoms with Crippen LogP contribution in [0.4, 0.5) is 0 Å². The van der Waals surface area contributed by atoms with Crippen molar-refractivity contribution in [3.05, 3.63) is 134 Å². The molecule has 8 rings (SSSR count). The molecule has 0 fully saturated rings. The van der Waals surface area contributed by atoms with Crippen LogP contribution in [0.15, 0.2) is 134 Å². The fourth-order valence-corrected chi connectivity index (χ4v) is 6.18. The monoisotopic (exact) mass is 514 g/mol. The van der Waals surface area contributed by atoms with Gasteiger partial charge in [0.1, 0.15) is 11.5 Å². The quantitative estimate of drug-likeness (QED) is 0.219. The van der Waals surface area contributed by atoms with Crippen LogP contribution in [0.5, 0.6) is 11.5 Å². The third kappa shape index (κ3) is 3.55. The first-order valence-corrected chi connectivity index (χ1v) is 13.8. The zero-order chi connectivity index (χ0) is 26.5. The standard InChI is InChI=1S/C37H26N2O/c1-3-11-25(12-4-1)36-29-16-7-8-17-30(29)37(31-21-22-38-24-33(31)36)40-27-19-20-35-32(23-27)28-15-9-10-18-34(28)39(35)26-13-5-2-6-14-26/h1,3-5,7-24H,2,6H2. The summed E-state index contributed by atoms with van der Waals surface area (Å²) in [6.07, 6.45) is 12.8. The van der Waals surface area contributed by atoms with E-state index in [0.717, 1.165) is 45.9 Å². The van der Waals surface area contributed by atoms with E-state index < -0.39 is 0 Å². The lowest BCUT2D eigenvalue weighted by atomic mass is 9.92. The minimum absolute atomic E-state index is 0.819. The molecule has 0 bridgehead atoms. The van der Waals surface area contributed by atoms with Gasteiger partial charge in [-0.3, -0.25) is 4.98 Å². The fraction of sp³-hybridized carbons (Fsp3) is 0.0541. The molecule has 0 unspecified atom stereocenters. The molecule has 0 amide bonds. The molecule has 2 aromatic heterocycles. The van der Waals surface area contributed by atoms with Crippen LogP contribution in [0.1, 0.15) is 12.8 Å². The predicted octanol–water partition coefficient (Wildman–Crippen LogP) is 10.1. The molecule has 0 aliphatic heterocycles.